The van der Waals surface area contributed by atoms with Crippen molar-refractivity contribution in [1.82, 2.24) is 14.9 Å². The summed E-state index contributed by atoms with van der Waals surface area (Å²) in [4.78, 5) is 4.83. The lowest BCUT2D eigenvalue weighted by molar-refractivity contribution is 0.0485. The molecule has 0 amide bonds. The minimum absolute atomic E-state index is 0.277. The van der Waals surface area contributed by atoms with E-state index in [0.29, 0.717) is 6.04 Å². The highest BCUT2D eigenvalue weighted by atomic mass is 32.2. The Balaban J connectivity index is 1.85. The van der Waals surface area contributed by atoms with Gasteiger partial charge in [0.25, 0.3) is 0 Å². The number of ether oxygens (including phenoxy) is 1. The minimum Gasteiger partial charge on any atom is -0.375 e. The number of thioether (sulfide) groups is 1. The van der Waals surface area contributed by atoms with Crippen LogP contribution in [0.1, 0.15) is 12.7 Å². The Morgan fingerprint density at radius 1 is 1.48 bits per heavy atom. The van der Waals surface area contributed by atoms with Crippen molar-refractivity contribution in [3.8, 4) is 0 Å². The Hall–Kier alpha value is -1.04. The zero-order chi connectivity index (χ0) is 14.7. The molecule has 1 aliphatic heterocycles. The van der Waals surface area contributed by atoms with Crippen LogP contribution >= 0.6 is 11.8 Å². The van der Waals surface area contributed by atoms with Gasteiger partial charge >= 0.3 is 0 Å². The van der Waals surface area contributed by atoms with E-state index in [0.717, 1.165) is 42.4 Å². The van der Waals surface area contributed by atoms with Gasteiger partial charge in [-0.15, -0.1) is 0 Å². The predicted molar refractivity (Wildman–Crippen MR) is 89.0 cm³/mol. The van der Waals surface area contributed by atoms with Crippen molar-refractivity contribution in [2.45, 2.75) is 32.0 Å². The molecule has 5 heteroatoms. The highest BCUT2D eigenvalue weighted by molar-refractivity contribution is 7.99. The number of aromatic nitrogens is 2. The van der Waals surface area contributed by atoms with Crippen LogP contribution in [-0.4, -0.2) is 46.9 Å². The minimum atomic E-state index is 0.277. The van der Waals surface area contributed by atoms with Gasteiger partial charge in [0.05, 0.1) is 23.7 Å². The summed E-state index contributed by atoms with van der Waals surface area (Å²) in [5.41, 5.74) is 2.31. The number of hydrogen-bond acceptors (Lipinski definition) is 4. The van der Waals surface area contributed by atoms with Gasteiger partial charge in [0.15, 0.2) is 0 Å². The molecule has 3 rings (SSSR count). The van der Waals surface area contributed by atoms with Crippen LogP contribution < -0.4 is 5.32 Å². The molecule has 4 nitrogen and oxygen atoms in total. The Labute approximate surface area is 130 Å². The number of nitrogens with zero attached hydrogens (tertiary/aromatic N) is 2. The standard InChI is InChI=1S/C16H23N3OS/c1-3-19-14-7-5-4-6-12(14)18-16(19)10-13(17-2)15-11-21-9-8-20-15/h4-7,13,15,17H,3,8-11H2,1-2H3. The average molecular weight is 305 g/mol. The fourth-order valence-electron chi connectivity index (χ4n) is 2.99. The van der Waals surface area contributed by atoms with Crippen LogP contribution in [0.2, 0.25) is 0 Å². The Morgan fingerprint density at radius 2 is 2.33 bits per heavy atom. The lowest BCUT2D eigenvalue weighted by atomic mass is 10.1. The molecule has 2 atom stereocenters. The van der Waals surface area contributed by atoms with E-state index in [-0.39, 0.29) is 6.10 Å². The van der Waals surface area contributed by atoms with Crippen molar-refractivity contribution < 1.29 is 4.74 Å². The highest BCUT2D eigenvalue weighted by Crippen LogP contribution is 2.21. The molecular formula is C16H23N3OS. The van der Waals surface area contributed by atoms with Crippen LogP contribution in [0.15, 0.2) is 24.3 Å². The fraction of sp³-hybridized carbons (Fsp3) is 0.562. The van der Waals surface area contributed by atoms with Crippen LogP contribution in [0.4, 0.5) is 0 Å². The van der Waals surface area contributed by atoms with Crippen molar-refractivity contribution in [1.29, 1.82) is 0 Å². The maximum atomic E-state index is 5.93. The summed E-state index contributed by atoms with van der Waals surface area (Å²) in [5, 5.41) is 3.42. The zero-order valence-corrected chi connectivity index (χ0v) is 13.5. The van der Waals surface area contributed by atoms with Crippen LogP contribution in [0, 0.1) is 0 Å². The highest BCUT2D eigenvalue weighted by Gasteiger charge is 2.25. The van der Waals surface area contributed by atoms with Crippen LogP contribution in [-0.2, 0) is 17.7 Å². The summed E-state index contributed by atoms with van der Waals surface area (Å²) in [5.74, 6) is 3.33. The van der Waals surface area contributed by atoms with E-state index in [2.05, 4.69) is 41.1 Å². The molecule has 21 heavy (non-hydrogen) atoms. The molecule has 0 bridgehead atoms. The quantitative estimate of drug-likeness (QED) is 0.920. The first-order valence-electron chi connectivity index (χ1n) is 7.64. The maximum absolute atomic E-state index is 5.93. The third-order valence-electron chi connectivity index (χ3n) is 4.11. The SMILES string of the molecule is CCn1c(CC(NC)C2CSCCO2)nc2ccccc21. The van der Waals surface area contributed by atoms with E-state index in [1.807, 2.05) is 18.8 Å². The summed E-state index contributed by atoms with van der Waals surface area (Å²) < 4.78 is 8.25. The summed E-state index contributed by atoms with van der Waals surface area (Å²) in [6, 6.07) is 8.69. The molecule has 1 aromatic heterocycles. The number of rotatable bonds is 5. The Kier molecular flexibility index (Phi) is 4.83. The number of benzene rings is 1. The summed E-state index contributed by atoms with van der Waals surface area (Å²) in [7, 11) is 2.02. The van der Waals surface area contributed by atoms with Gasteiger partial charge in [-0.25, -0.2) is 4.98 Å². The van der Waals surface area contributed by atoms with Gasteiger partial charge in [0.1, 0.15) is 5.82 Å². The monoisotopic (exact) mass is 305 g/mol. The topological polar surface area (TPSA) is 39.1 Å². The molecule has 1 aliphatic rings. The molecule has 114 valence electrons. The Bertz CT molecular complexity index is 592. The van der Waals surface area contributed by atoms with E-state index < -0.39 is 0 Å². The number of aryl methyl sites for hydroxylation is 1. The molecule has 2 aromatic rings. The summed E-state index contributed by atoms with van der Waals surface area (Å²) >= 11 is 1.98. The third kappa shape index (κ3) is 3.10. The lowest BCUT2D eigenvalue weighted by Crippen LogP contribution is -2.45. The average Bonchev–Trinajstić information content (AvgIpc) is 2.90. The number of nitrogens with one attached hydrogen (secondary N) is 1. The van der Waals surface area contributed by atoms with Crippen molar-refractivity contribution in [3.05, 3.63) is 30.1 Å². The van der Waals surface area contributed by atoms with Crippen molar-refractivity contribution in [3.63, 3.8) is 0 Å². The van der Waals surface area contributed by atoms with E-state index in [1.165, 1.54) is 5.52 Å². The number of fused-ring (bicyclic) bond motifs is 1. The molecule has 0 aliphatic carbocycles. The molecule has 1 aromatic carbocycles. The lowest BCUT2D eigenvalue weighted by Gasteiger charge is -2.29. The van der Waals surface area contributed by atoms with E-state index >= 15 is 0 Å². The molecule has 2 heterocycles. The van der Waals surface area contributed by atoms with E-state index in [4.69, 9.17) is 9.72 Å². The first kappa shape index (κ1) is 14.9. The first-order valence-corrected chi connectivity index (χ1v) is 8.79. The van der Waals surface area contributed by atoms with Crippen molar-refractivity contribution in [2.75, 3.05) is 25.2 Å². The molecule has 0 radical (unpaired) electrons. The van der Waals surface area contributed by atoms with Gasteiger partial charge in [0, 0.05) is 30.5 Å². The summed E-state index contributed by atoms with van der Waals surface area (Å²) in [6.45, 7) is 3.99. The fourth-order valence-corrected chi connectivity index (χ4v) is 3.93. The largest absolute Gasteiger partial charge is 0.375 e. The molecule has 0 saturated carbocycles. The number of hydrogen-bond donors (Lipinski definition) is 1. The van der Waals surface area contributed by atoms with E-state index in [9.17, 15) is 0 Å². The third-order valence-corrected chi connectivity index (χ3v) is 5.13. The maximum Gasteiger partial charge on any atom is 0.111 e. The Morgan fingerprint density at radius 3 is 3.05 bits per heavy atom. The normalized spacial score (nSPS) is 20.8. The molecular weight excluding hydrogens is 282 g/mol. The van der Waals surface area contributed by atoms with Crippen LogP contribution in [0.25, 0.3) is 11.0 Å². The number of likely N-dealkylation sites (N-methyl/N-ethyl adjacent to an activating group) is 1. The first-order chi connectivity index (χ1) is 10.3. The van der Waals surface area contributed by atoms with Crippen LogP contribution in [0.5, 0.6) is 0 Å². The molecule has 1 saturated heterocycles. The predicted octanol–water partition coefficient (Wildman–Crippen LogP) is 2.32. The number of para-hydroxylation sites is 2. The van der Waals surface area contributed by atoms with Gasteiger partial charge < -0.3 is 14.6 Å². The number of imidazole rings is 1. The van der Waals surface area contributed by atoms with Gasteiger partial charge in [0.2, 0.25) is 0 Å². The molecule has 2 unspecified atom stereocenters. The zero-order valence-electron chi connectivity index (χ0n) is 12.7. The van der Waals surface area contributed by atoms with Gasteiger partial charge in [-0.2, -0.15) is 11.8 Å². The smallest absolute Gasteiger partial charge is 0.111 e. The van der Waals surface area contributed by atoms with Gasteiger partial charge in [-0.1, -0.05) is 12.1 Å². The molecule has 1 N–H and O–H groups in total. The second-order valence-corrected chi connectivity index (χ2v) is 6.49. The van der Waals surface area contributed by atoms with Crippen molar-refractivity contribution >= 4 is 22.8 Å². The second-order valence-electron chi connectivity index (χ2n) is 5.34. The molecule has 1 fully saturated rings. The van der Waals surface area contributed by atoms with E-state index in [1.54, 1.807) is 0 Å². The van der Waals surface area contributed by atoms with Crippen molar-refractivity contribution in [2.24, 2.45) is 0 Å². The summed E-state index contributed by atoms with van der Waals surface area (Å²) in [6.07, 6.45) is 1.18. The van der Waals surface area contributed by atoms with Gasteiger partial charge in [-0.3, -0.25) is 0 Å². The van der Waals surface area contributed by atoms with Crippen LogP contribution in [0.3, 0.4) is 0 Å². The second kappa shape index (κ2) is 6.81. The molecule has 0 spiro atoms. The van der Waals surface area contributed by atoms with Gasteiger partial charge in [-0.05, 0) is 26.1 Å².